The zero-order valence-corrected chi connectivity index (χ0v) is 13.2. The Labute approximate surface area is 145 Å². The van der Waals surface area contributed by atoms with Gasteiger partial charge in [-0.2, -0.15) is 13.2 Å². The molecular formula is C18H13F4NO3. The number of cyclic esters (lactones) is 1. The van der Waals surface area contributed by atoms with Crippen LogP contribution >= 0.6 is 0 Å². The minimum absolute atomic E-state index is 0.108. The predicted octanol–water partition coefficient (Wildman–Crippen LogP) is 3.74. The van der Waals surface area contributed by atoms with Crippen LogP contribution < -0.4 is 5.32 Å². The number of para-hydroxylation sites is 1. The summed E-state index contributed by atoms with van der Waals surface area (Å²) in [6, 6.07) is 9.64. The smallest absolute Gasteiger partial charge is 0.418 e. The van der Waals surface area contributed by atoms with Gasteiger partial charge in [0.1, 0.15) is 11.7 Å². The van der Waals surface area contributed by atoms with E-state index in [0.717, 1.165) is 12.1 Å². The third-order valence-electron chi connectivity index (χ3n) is 4.13. The van der Waals surface area contributed by atoms with Crippen LogP contribution in [-0.2, 0) is 20.5 Å². The Morgan fingerprint density at radius 2 is 1.73 bits per heavy atom. The van der Waals surface area contributed by atoms with Gasteiger partial charge >= 0.3 is 12.1 Å². The molecule has 8 heteroatoms. The predicted molar refractivity (Wildman–Crippen MR) is 83.7 cm³/mol. The molecule has 1 fully saturated rings. The minimum atomic E-state index is -4.66. The van der Waals surface area contributed by atoms with Gasteiger partial charge in [-0.1, -0.05) is 24.3 Å². The third kappa shape index (κ3) is 3.54. The number of hydrogen-bond acceptors (Lipinski definition) is 3. The van der Waals surface area contributed by atoms with Gasteiger partial charge in [0, 0.05) is 5.92 Å². The molecule has 4 nitrogen and oxygen atoms in total. The summed E-state index contributed by atoms with van der Waals surface area (Å²) >= 11 is 0. The number of amides is 1. The summed E-state index contributed by atoms with van der Waals surface area (Å²) in [4.78, 5) is 24.5. The molecule has 1 aliphatic rings. The second-order valence-electron chi connectivity index (χ2n) is 5.80. The van der Waals surface area contributed by atoms with E-state index in [1.807, 2.05) is 0 Å². The van der Waals surface area contributed by atoms with E-state index in [-0.39, 0.29) is 6.61 Å². The maximum atomic E-state index is 13.1. The Balaban J connectivity index is 1.87. The molecule has 136 valence electrons. The number of esters is 1. The fraction of sp³-hybridized carbons (Fsp3) is 0.222. The van der Waals surface area contributed by atoms with Gasteiger partial charge in [-0.25, -0.2) is 4.39 Å². The van der Waals surface area contributed by atoms with E-state index in [4.69, 9.17) is 4.74 Å². The maximum Gasteiger partial charge on any atom is 0.418 e. The molecular weight excluding hydrogens is 354 g/mol. The zero-order valence-electron chi connectivity index (χ0n) is 13.2. The normalized spacial score (nSPS) is 19.9. The lowest BCUT2D eigenvalue weighted by Gasteiger charge is -2.18. The third-order valence-corrected chi connectivity index (χ3v) is 4.13. The first kappa shape index (κ1) is 17.9. The number of anilines is 1. The molecule has 1 saturated heterocycles. The van der Waals surface area contributed by atoms with Crippen molar-refractivity contribution < 1.29 is 31.9 Å². The second-order valence-corrected chi connectivity index (χ2v) is 5.80. The number of alkyl halides is 3. The molecule has 0 spiro atoms. The van der Waals surface area contributed by atoms with Crippen molar-refractivity contribution in [2.75, 3.05) is 11.9 Å². The van der Waals surface area contributed by atoms with E-state index in [9.17, 15) is 27.2 Å². The van der Waals surface area contributed by atoms with Gasteiger partial charge in [-0.15, -0.1) is 0 Å². The molecule has 2 atom stereocenters. The number of carbonyl (C=O) groups excluding carboxylic acids is 2. The topological polar surface area (TPSA) is 55.4 Å². The lowest BCUT2D eigenvalue weighted by atomic mass is 9.88. The summed E-state index contributed by atoms with van der Waals surface area (Å²) in [5.41, 5.74) is -0.970. The summed E-state index contributed by atoms with van der Waals surface area (Å²) in [7, 11) is 0. The molecule has 0 aliphatic carbocycles. The lowest BCUT2D eigenvalue weighted by Crippen LogP contribution is -2.31. The second kappa shape index (κ2) is 6.78. The number of rotatable bonds is 3. The standard InChI is InChI=1S/C18H13F4NO3/c19-11-7-5-10(6-8-11)12-9-26-17(25)15(12)16(24)23-14-4-2-1-3-13(14)18(20,21)22/h1-8,12,15H,9H2,(H,23,24)/t12-,15-/m1/s1. The maximum absolute atomic E-state index is 13.1. The highest BCUT2D eigenvalue weighted by atomic mass is 19.4. The van der Waals surface area contributed by atoms with E-state index in [2.05, 4.69) is 5.32 Å². The van der Waals surface area contributed by atoms with Crippen molar-refractivity contribution >= 4 is 17.6 Å². The highest BCUT2D eigenvalue weighted by Crippen LogP contribution is 2.37. The molecule has 0 bridgehead atoms. The number of ether oxygens (including phenoxy) is 1. The van der Waals surface area contributed by atoms with Crippen LogP contribution in [-0.4, -0.2) is 18.5 Å². The first-order chi connectivity index (χ1) is 12.3. The van der Waals surface area contributed by atoms with Crippen molar-refractivity contribution in [1.82, 2.24) is 0 Å². The SMILES string of the molecule is O=C(Nc1ccccc1C(F)(F)F)[C@@H]1C(=O)OC[C@@H]1c1ccc(F)cc1. The van der Waals surface area contributed by atoms with Crippen LogP contribution in [0.15, 0.2) is 48.5 Å². The van der Waals surface area contributed by atoms with Crippen LogP contribution in [0.2, 0.25) is 0 Å². The quantitative estimate of drug-likeness (QED) is 0.511. The van der Waals surface area contributed by atoms with E-state index < -0.39 is 47.0 Å². The number of hydrogen-bond donors (Lipinski definition) is 1. The Morgan fingerprint density at radius 3 is 2.38 bits per heavy atom. The number of carbonyl (C=O) groups is 2. The van der Waals surface area contributed by atoms with Crippen LogP contribution in [0.1, 0.15) is 17.0 Å². The zero-order chi connectivity index (χ0) is 18.9. The molecule has 3 rings (SSSR count). The van der Waals surface area contributed by atoms with Gasteiger partial charge in [0.2, 0.25) is 5.91 Å². The van der Waals surface area contributed by atoms with E-state index in [0.29, 0.717) is 5.56 Å². The highest BCUT2D eigenvalue weighted by molar-refractivity contribution is 6.06. The van der Waals surface area contributed by atoms with Gasteiger partial charge in [-0.05, 0) is 29.8 Å². The summed E-state index contributed by atoms with van der Waals surface area (Å²) in [6.45, 7) is -0.108. The molecule has 0 unspecified atom stereocenters. The molecule has 0 saturated carbocycles. The summed E-state index contributed by atoms with van der Waals surface area (Å²) in [6.07, 6.45) is -4.66. The number of benzene rings is 2. The average molecular weight is 367 g/mol. The Bertz CT molecular complexity index is 833. The Kier molecular flexibility index (Phi) is 4.67. The molecule has 1 aliphatic heterocycles. The fourth-order valence-electron chi connectivity index (χ4n) is 2.86. The van der Waals surface area contributed by atoms with E-state index >= 15 is 0 Å². The highest BCUT2D eigenvalue weighted by Gasteiger charge is 2.44. The molecule has 1 amide bonds. The van der Waals surface area contributed by atoms with Crippen LogP contribution in [0, 0.1) is 11.7 Å². The van der Waals surface area contributed by atoms with Crippen molar-refractivity contribution in [1.29, 1.82) is 0 Å². The molecule has 0 aromatic heterocycles. The Morgan fingerprint density at radius 1 is 1.08 bits per heavy atom. The van der Waals surface area contributed by atoms with Crippen molar-refractivity contribution in [2.45, 2.75) is 12.1 Å². The summed E-state index contributed by atoms with van der Waals surface area (Å²) in [5.74, 6) is -4.25. The Hall–Kier alpha value is -2.90. The summed E-state index contributed by atoms with van der Waals surface area (Å²) in [5, 5.41) is 2.17. The fourth-order valence-corrected chi connectivity index (χ4v) is 2.86. The molecule has 1 N–H and O–H groups in total. The van der Waals surface area contributed by atoms with Crippen LogP contribution in [0.4, 0.5) is 23.2 Å². The number of nitrogens with one attached hydrogen (secondary N) is 1. The van der Waals surface area contributed by atoms with Crippen LogP contribution in [0.5, 0.6) is 0 Å². The van der Waals surface area contributed by atoms with Crippen molar-refractivity contribution in [3.63, 3.8) is 0 Å². The average Bonchev–Trinajstić information content (AvgIpc) is 2.97. The van der Waals surface area contributed by atoms with Crippen molar-refractivity contribution in [3.8, 4) is 0 Å². The van der Waals surface area contributed by atoms with Crippen LogP contribution in [0.25, 0.3) is 0 Å². The van der Waals surface area contributed by atoms with Gasteiger partial charge in [-0.3, -0.25) is 9.59 Å². The largest absolute Gasteiger partial charge is 0.464 e. The first-order valence-corrected chi connectivity index (χ1v) is 7.66. The van der Waals surface area contributed by atoms with Crippen molar-refractivity contribution in [3.05, 3.63) is 65.5 Å². The van der Waals surface area contributed by atoms with E-state index in [1.54, 1.807) is 0 Å². The molecule has 1 heterocycles. The molecule has 2 aromatic carbocycles. The summed E-state index contributed by atoms with van der Waals surface area (Å²) < 4.78 is 57.1. The minimum Gasteiger partial charge on any atom is -0.464 e. The van der Waals surface area contributed by atoms with E-state index in [1.165, 1.54) is 36.4 Å². The van der Waals surface area contributed by atoms with Crippen molar-refractivity contribution in [2.24, 2.45) is 5.92 Å². The number of halogens is 4. The van der Waals surface area contributed by atoms with Gasteiger partial charge in [0.05, 0.1) is 17.9 Å². The monoisotopic (exact) mass is 367 g/mol. The van der Waals surface area contributed by atoms with Crippen LogP contribution in [0.3, 0.4) is 0 Å². The lowest BCUT2D eigenvalue weighted by molar-refractivity contribution is -0.144. The molecule has 26 heavy (non-hydrogen) atoms. The molecule has 0 radical (unpaired) electrons. The first-order valence-electron chi connectivity index (χ1n) is 7.66. The van der Waals surface area contributed by atoms with Gasteiger partial charge < -0.3 is 10.1 Å². The molecule has 2 aromatic rings. The van der Waals surface area contributed by atoms with Gasteiger partial charge in [0.15, 0.2) is 0 Å². The van der Waals surface area contributed by atoms with Gasteiger partial charge in [0.25, 0.3) is 0 Å².